The second-order valence-corrected chi connectivity index (χ2v) is 6.00. The van der Waals surface area contributed by atoms with E-state index in [-0.39, 0.29) is 0 Å². The number of rotatable bonds is 4. The fraction of sp³-hybridized carbons (Fsp3) is 0.688. The number of allylic oxidation sites excluding steroid dienone is 4. The van der Waals surface area contributed by atoms with E-state index in [2.05, 4.69) is 33.8 Å². The standard InChI is InChI=1S/C16H25N/c1-13(7-6-12-17)9-10-15-14(2)8-5-11-16(15,3)4/h6-7,13H,5,8-11H2,1-4H3. The summed E-state index contributed by atoms with van der Waals surface area (Å²) >= 11 is 0. The highest BCUT2D eigenvalue weighted by atomic mass is 14.3. The molecular weight excluding hydrogens is 206 g/mol. The summed E-state index contributed by atoms with van der Waals surface area (Å²) in [5.74, 6) is 0.507. The molecule has 17 heavy (non-hydrogen) atoms. The Hall–Kier alpha value is -1.03. The van der Waals surface area contributed by atoms with E-state index in [1.807, 2.05) is 6.08 Å². The first-order valence-corrected chi connectivity index (χ1v) is 6.73. The molecule has 0 saturated heterocycles. The predicted molar refractivity (Wildman–Crippen MR) is 73.5 cm³/mol. The molecule has 1 aliphatic rings. The van der Waals surface area contributed by atoms with E-state index >= 15 is 0 Å². The summed E-state index contributed by atoms with van der Waals surface area (Å²) in [5.41, 5.74) is 3.67. The van der Waals surface area contributed by atoms with Gasteiger partial charge in [-0.3, -0.25) is 0 Å². The summed E-state index contributed by atoms with van der Waals surface area (Å²) in [6, 6.07) is 2.07. The first-order valence-electron chi connectivity index (χ1n) is 6.73. The van der Waals surface area contributed by atoms with Gasteiger partial charge in [-0.1, -0.05) is 38.0 Å². The van der Waals surface area contributed by atoms with Gasteiger partial charge in [-0.2, -0.15) is 5.26 Å². The Labute approximate surface area is 106 Å². The Morgan fingerprint density at radius 3 is 2.76 bits per heavy atom. The molecule has 0 radical (unpaired) electrons. The molecule has 0 aromatic heterocycles. The highest BCUT2D eigenvalue weighted by Crippen LogP contribution is 2.42. The number of nitrogens with zero attached hydrogens (tertiary/aromatic N) is 1. The quantitative estimate of drug-likeness (QED) is 0.493. The van der Waals surface area contributed by atoms with Gasteiger partial charge in [0.05, 0.1) is 6.07 Å². The molecule has 0 heterocycles. The van der Waals surface area contributed by atoms with Crippen LogP contribution in [0.2, 0.25) is 0 Å². The molecule has 1 nitrogen and oxygen atoms in total. The molecule has 0 saturated carbocycles. The van der Waals surface area contributed by atoms with Crippen LogP contribution in [0.15, 0.2) is 23.3 Å². The number of hydrogen-bond acceptors (Lipinski definition) is 1. The third kappa shape index (κ3) is 4.04. The van der Waals surface area contributed by atoms with Gasteiger partial charge < -0.3 is 0 Å². The van der Waals surface area contributed by atoms with E-state index in [9.17, 15) is 0 Å². The molecule has 0 bridgehead atoms. The highest BCUT2D eigenvalue weighted by Gasteiger charge is 2.27. The third-order valence-electron chi connectivity index (χ3n) is 4.03. The zero-order valence-corrected chi connectivity index (χ0v) is 11.7. The van der Waals surface area contributed by atoms with Crippen LogP contribution in [0, 0.1) is 22.7 Å². The number of nitriles is 1. The third-order valence-corrected chi connectivity index (χ3v) is 4.03. The van der Waals surface area contributed by atoms with E-state index in [1.165, 1.54) is 25.7 Å². The van der Waals surface area contributed by atoms with Crippen molar-refractivity contribution in [3.8, 4) is 6.07 Å². The van der Waals surface area contributed by atoms with Crippen molar-refractivity contribution < 1.29 is 0 Å². The second kappa shape index (κ2) is 6.05. The predicted octanol–water partition coefficient (Wildman–Crippen LogP) is 5.01. The Balaban J connectivity index is 2.61. The van der Waals surface area contributed by atoms with Crippen LogP contribution in [0.4, 0.5) is 0 Å². The largest absolute Gasteiger partial charge is 0.193 e. The fourth-order valence-corrected chi connectivity index (χ4v) is 2.90. The molecule has 1 unspecified atom stereocenters. The molecule has 0 spiro atoms. The summed E-state index contributed by atoms with van der Waals surface area (Å²) in [4.78, 5) is 0. The first kappa shape index (κ1) is 14.0. The lowest BCUT2D eigenvalue weighted by molar-refractivity contribution is 0.348. The maximum absolute atomic E-state index is 8.51. The second-order valence-electron chi connectivity index (χ2n) is 6.00. The average molecular weight is 231 g/mol. The topological polar surface area (TPSA) is 23.8 Å². The Morgan fingerprint density at radius 2 is 2.18 bits per heavy atom. The minimum atomic E-state index is 0.390. The maximum Gasteiger partial charge on any atom is 0.0908 e. The monoisotopic (exact) mass is 231 g/mol. The van der Waals surface area contributed by atoms with Gasteiger partial charge in [0.1, 0.15) is 0 Å². The number of hydrogen-bond donors (Lipinski definition) is 0. The summed E-state index contributed by atoms with van der Waals surface area (Å²) in [5, 5.41) is 8.51. The van der Waals surface area contributed by atoms with Gasteiger partial charge in [0.2, 0.25) is 0 Å². The van der Waals surface area contributed by atoms with Crippen LogP contribution in [0.3, 0.4) is 0 Å². The molecule has 0 aliphatic heterocycles. The van der Waals surface area contributed by atoms with Crippen molar-refractivity contribution in [2.45, 2.75) is 59.8 Å². The van der Waals surface area contributed by atoms with Crippen LogP contribution in [-0.4, -0.2) is 0 Å². The van der Waals surface area contributed by atoms with Gasteiger partial charge in [0, 0.05) is 6.08 Å². The molecule has 1 heteroatoms. The van der Waals surface area contributed by atoms with Crippen LogP contribution in [0.25, 0.3) is 0 Å². The average Bonchev–Trinajstić information content (AvgIpc) is 2.24. The van der Waals surface area contributed by atoms with Crippen molar-refractivity contribution in [3.05, 3.63) is 23.3 Å². The molecule has 0 N–H and O–H groups in total. The van der Waals surface area contributed by atoms with Crippen molar-refractivity contribution in [2.75, 3.05) is 0 Å². The minimum Gasteiger partial charge on any atom is -0.193 e. The zero-order chi connectivity index (χ0) is 12.9. The fourth-order valence-electron chi connectivity index (χ4n) is 2.90. The van der Waals surface area contributed by atoms with E-state index in [4.69, 9.17) is 5.26 Å². The van der Waals surface area contributed by atoms with E-state index in [0.29, 0.717) is 11.3 Å². The van der Waals surface area contributed by atoms with Gasteiger partial charge in [-0.05, 0) is 50.4 Å². The lowest BCUT2D eigenvalue weighted by Gasteiger charge is -2.35. The molecule has 94 valence electrons. The van der Waals surface area contributed by atoms with Crippen molar-refractivity contribution in [2.24, 2.45) is 11.3 Å². The van der Waals surface area contributed by atoms with E-state index < -0.39 is 0 Å². The molecular formula is C16H25N. The highest BCUT2D eigenvalue weighted by molar-refractivity contribution is 5.22. The van der Waals surface area contributed by atoms with Gasteiger partial charge in [-0.15, -0.1) is 0 Å². The summed E-state index contributed by atoms with van der Waals surface area (Å²) in [6.45, 7) is 9.24. The van der Waals surface area contributed by atoms with Crippen molar-refractivity contribution >= 4 is 0 Å². The van der Waals surface area contributed by atoms with Crippen molar-refractivity contribution in [3.63, 3.8) is 0 Å². The van der Waals surface area contributed by atoms with Gasteiger partial charge in [-0.25, -0.2) is 0 Å². The van der Waals surface area contributed by atoms with Crippen LogP contribution in [0.5, 0.6) is 0 Å². The van der Waals surface area contributed by atoms with Crippen LogP contribution >= 0.6 is 0 Å². The SMILES string of the molecule is CC1=C(CCC(C)C=CC#N)C(C)(C)CCC1. The smallest absolute Gasteiger partial charge is 0.0908 e. The maximum atomic E-state index is 8.51. The molecule has 1 rings (SSSR count). The molecule has 0 fully saturated rings. The summed E-state index contributed by atoms with van der Waals surface area (Å²) in [7, 11) is 0. The van der Waals surface area contributed by atoms with Crippen molar-refractivity contribution in [1.29, 1.82) is 5.26 Å². The van der Waals surface area contributed by atoms with Gasteiger partial charge in [0.25, 0.3) is 0 Å². The Kier molecular flexibility index (Phi) is 5.00. The zero-order valence-electron chi connectivity index (χ0n) is 11.7. The summed E-state index contributed by atoms with van der Waals surface area (Å²) in [6.07, 6.45) is 9.92. The Morgan fingerprint density at radius 1 is 1.47 bits per heavy atom. The first-order chi connectivity index (χ1) is 7.97. The molecule has 0 amide bonds. The van der Waals surface area contributed by atoms with E-state index in [0.717, 1.165) is 6.42 Å². The molecule has 0 aromatic carbocycles. The van der Waals surface area contributed by atoms with Crippen LogP contribution in [-0.2, 0) is 0 Å². The van der Waals surface area contributed by atoms with Gasteiger partial charge in [0.15, 0.2) is 0 Å². The molecule has 1 aliphatic carbocycles. The molecule has 0 aromatic rings. The lowest BCUT2D eigenvalue weighted by atomic mass is 9.71. The summed E-state index contributed by atoms with van der Waals surface area (Å²) < 4.78 is 0. The van der Waals surface area contributed by atoms with Crippen LogP contribution in [0.1, 0.15) is 59.8 Å². The van der Waals surface area contributed by atoms with Crippen molar-refractivity contribution in [1.82, 2.24) is 0 Å². The van der Waals surface area contributed by atoms with Gasteiger partial charge >= 0.3 is 0 Å². The Bertz CT molecular complexity index is 352. The molecule has 1 atom stereocenters. The normalized spacial score (nSPS) is 21.6. The lowest BCUT2D eigenvalue weighted by Crippen LogP contribution is -2.20. The van der Waals surface area contributed by atoms with Crippen LogP contribution < -0.4 is 0 Å². The minimum absolute atomic E-state index is 0.390. The van der Waals surface area contributed by atoms with E-state index in [1.54, 1.807) is 17.2 Å².